The normalized spacial score (nSPS) is 26.1. The summed E-state index contributed by atoms with van der Waals surface area (Å²) in [6.07, 6.45) is 8.13. The highest BCUT2D eigenvalue weighted by atomic mass is 15.0. The van der Waals surface area contributed by atoms with E-state index in [1.165, 1.54) is 44.4 Å². The Kier molecular flexibility index (Phi) is 2.87. The van der Waals surface area contributed by atoms with E-state index < -0.39 is 0 Å². The smallest absolute Gasteiger partial charge is 0.0965 e. The molecular formula is C11H20N2. The first-order valence-electron chi connectivity index (χ1n) is 5.66. The summed E-state index contributed by atoms with van der Waals surface area (Å²) in [5, 5.41) is 3.57. The number of nitrogens with one attached hydrogen (secondary N) is 1. The van der Waals surface area contributed by atoms with E-state index in [2.05, 4.69) is 17.2 Å². The largest absolute Gasteiger partial charge is 0.371 e. The third-order valence-electron chi connectivity index (χ3n) is 3.38. The molecule has 0 bridgehead atoms. The van der Waals surface area contributed by atoms with Gasteiger partial charge in [-0.05, 0) is 32.1 Å². The Morgan fingerprint density at radius 3 is 2.69 bits per heavy atom. The maximum absolute atomic E-state index is 4.45. The summed E-state index contributed by atoms with van der Waals surface area (Å²) in [6, 6.07) is 0.652. The van der Waals surface area contributed by atoms with Crippen LogP contribution in [0.25, 0.3) is 0 Å². The van der Waals surface area contributed by atoms with Crippen LogP contribution in [0.5, 0.6) is 0 Å². The third kappa shape index (κ3) is 2.23. The van der Waals surface area contributed by atoms with Gasteiger partial charge in [-0.15, -0.1) is 0 Å². The van der Waals surface area contributed by atoms with Crippen LogP contribution in [0.3, 0.4) is 0 Å². The summed E-state index contributed by atoms with van der Waals surface area (Å²) >= 11 is 0. The molecule has 0 unspecified atom stereocenters. The van der Waals surface area contributed by atoms with Crippen molar-refractivity contribution >= 4 is 5.84 Å². The fourth-order valence-corrected chi connectivity index (χ4v) is 2.50. The number of amidine groups is 1. The van der Waals surface area contributed by atoms with Crippen LogP contribution in [0.15, 0.2) is 4.99 Å². The van der Waals surface area contributed by atoms with Gasteiger partial charge >= 0.3 is 0 Å². The quantitative estimate of drug-likeness (QED) is 0.693. The lowest BCUT2D eigenvalue weighted by Crippen LogP contribution is -2.36. The molecule has 0 aromatic rings. The Morgan fingerprint density at radius 2 is 2.08 bits per heavy atom. The van der Waals surface area contributed by atoms with Crippen LogP contribution in [-0.2, 0) is 0 Å². The van der Waals surface area contributed by atoms with Crippen molar-refractivity contribution < 1.29 is 0 Å². The first kappa shape index (κ1) is 9.04. The molecule has 1 fully saturated rings. The molecule has 2 aliphatic rings. The second-order valence-corrected chi connectivity index (χ2v) is 4.41. The van der Waals surface area contributed by atoms with Crippen molar-refractivity contribution in [1.29, 1.82) is 0 Å². The molecule has 0 spiro atoms. The maximum atomic E-state index is 4.45. The zero-order valence-electron chi connectivity index (χ0n) is 8.55. The van der Waals surface area contributed by atoms with Gasteiger partial charge in [-0.2, -0.15) is 0 Å². The molecular weight excluding hydrogens is 160 g/mol. The minimum Gasteiger partial charge on any atom is -0.371 e. The topological polar surface area (TPSA) is 24.4 Å². The van der Waals surface area contributed by atoms with Crippen molar-refractivity contribution in [3.05, 3.63) is 0 Å². The third-order valence-corrected chi connectivity index (χ3v) is 3.38. The number of hydrogen-bond acceptors (Lipinski definition) is 2. The van der Waals surface area contributed by atoms with Crippen molar-refractivity contribution in [2.75, 3.05) is 6.54 Å². The van der Waals surface area contributed by atoms with E-state index in [1.807, 2.05) is 0 Å². The molecule has 1 aliphatic carbocycles. The molecule has 1 atom stereocenters. The molecule has 0 aromatic carbocycles. The fraction of sp³-hybridized carbons (Fsp3) is 0.909. The first-order valence-corrected chi connectivity index (χ1v) is 5.66. The van der Waals surface area contributed by atoms with E-state index in [0.29, 0.717) is 6.04 Å². The van der Waals surface area contributed by atoms with Gasteiger partial charge in [-0.3, -0.25) is 4.99 Å². The van der Waals surface area contributed by atoms with Crippen molar-refractivity contribution in [3.8, 4) is 0 Å². The number of aliphatic imine (C=N–C) groups is 1. The van der Waals surface area contributed by atoms with Gasteiger partial charge in [0.15, 0.2) is 0 Å². The Morgan fingerprint density at radius 1 is 1.31 bits per heavy atom. The predicted octanol–water partition coefficient (Wildman–Crippen LogP) is 2.35. The lowest BCUT2D eigenvalue weighted by atomic mass is 10.00. The monoisotopic (exact) mass is 180 g/mol. The molecule has 1 saturated carbocycles. The molecule has 0 radical (unpaired) electrons. The van der Waals surface area contributed by atoms with Crippen molar-refractivity contribution in [2.24, 2.45) is 10.9 Å². The zero-order chi connectivity index (χ0) is 9.10. The molecule has 2 nitrogen and oxygen atoms in total. The molecule has 74 valence electrons. The highest BCUT2D eigenvalue weighted by molar-refractivity contribution is 5.83. The van der Waals surface area contributed by atoms with Crippen LogP contribution >= 0.6 is 0 Å². The minimum absolute atomic E-state index is 0.652. The van der Waals surface area contributed by atoms with Crippen molar-refractivity contribution in [1.82, 2.24) is 5.32 Å². The molecule has 1 aliphatic heterocycles. The highest BCUT2D eigenvalue weighted by Gasteiger charge is 2.22. The van der Waals surface area contributed by atoms with Crippen LogP contribution in [0.2, 0.25) is 0 Å². The Bertz CT molecular complexity index is 192. The van der Waals surface area contributed by atoms with Gasteiger partial charge in [0.05, 0.1) is 5.84 Å². The number of nitrogens with zero attached hydrogens (tertiary/aromatic N) is 1. The second-order valence-electron chi connectivity index (χ2n) is 4.41. The SMILES string of the molecule is C[C@@H](NC1=NCCC1)C1CCCC1. The second kappa shape index (κ2) is 4.12. The number of rotatable bonds is 2. The number of hydrogen-bond donors (Lipinski definition) is 1. The van der Waals surface area contributed by atoms with Gasteiger partial charge in [-0.1, -0.05) is 12.8 Å². The van der Waals surface area contributed by atoms with E-state index in [0.717, 1.165) is 12.5 Å². The summed E-state index contributed by atoms with van der Waals surface area (Å²) in [6.45, 7) is 3.36. The summed E-state index contributed by atoms with van der Waals surface area (Å²) in [5.74, 6) is 2.17. The van der Waals surface area contributed by atoms with Gasteiger partial charge in [0.25, 0.3) is 0 Å². The first-order chi connectivity index (χ1) is 6.36. The summed E-state index contributed by atoms with van der Waals surface area (Å²) in [7, 11) is 0. The minimum atomic E-state index is 0.652. The molecule has 2 rings (SSSR count). The van der Waals surface area contributed by atoms with Crippen molar-refractivity contribution in [2.45, 2.75) is 51.5 Å². The van der Waals surface area contributed by atoms with Crippen LogP contribution in [0.1, 0.15) is 45.4 Å². The summed E-state index contributed by atoms with van der Waals surface area (Å²) in [4.78, 5) is 4.45. The fourth-order valence-electron chi connectivity index (χ4n) is 2.50. The van der Waals surface area contributed by atoms with Crippen LogP contribution in [0.4, 0.5) is 0 Å². The summed E-state index contributed by atoms with van der Waals surface area (Å²) < 4.78 is 0. The Balaban J connectivity index is 1.79. The standard InChI is InChI=1S/C11H20N2/c1-9(10-5-2-3-6-10)13-11-7-4-8-12-11/h9-10H,2-8H2,1H3,(H,12,13)/t9-/m1/s1. The lowest BCUT2D eigenvalue weighted by molar-refractivity contribution is 0.425. The van der Waals surface area contributed by atoms with E-state index in [9.17, 15) is 0 Å². The van der Waals surface area contributed by atoms with E-state index in [-0.39, 0.29) is 0 Å². The van der Waals surface area contributed by atoms with Crippen molar-refractivity contribution in [3.63, 3.8) is 0 Å². The van der Waals surface area contributed by atoms with Crippen LogP contribution < -0.4 is 5.32 Å². The van der Waals surface area contributed by atoms with E-state index >= 15 is 0 Å². The van der Waals surface area contributed by atoms with Gasteiger partial charge < -0.3 is 5.32 Å². The van der Waals surface area contributed by atoms with E-state index in [4.69, 9.17) is 0 Å². The summed E-state index contributed by atoms with van der Waals surface area (Å²) in [5.41, 5.74) is 0. The van der Waals surface area contributed by atoms with Gasteiger partial charge in [0.2, 0.25) is 0 Å². The highest BCUT2D eigenvalue weighted by Crippen LogP contribution is 2.27. The molecule has 1 N–H and O–H groups in total. The van der Waals surface area contributed by atoms with Gasteiger partial charge in [0.1, 0.15) is 0 Å². The Hall–Kier alpha value is -0.530. The molecule has 13 heavy (non-hydrogen) atoms. The van der Waals surface area contributed by atoms with Crippen LogP contribution in [-0.4, -0.2) is 18.4 Å². The molecule has 0 aromatic heterocycles. The maximum Gasteiger partial charge on any atom is 0.0965 e. The van der Waals surface area contributed by atoms with E-state index in [1.54, 1.807) is 0 Å². The lowest BCUT2D eigenvalue weighted by Gasteiger charge is -2.21. The molecule has 0 saturated heterocycles. The molecule has 1 heterocycles. The average Bonchev–Trinajstić information content (AvgIpc) is 2.74. The van der Waals surface area contributed by atoms with Crippen LogP contribution in [0, 0.1) is 5.92 Å². The molecule has 2 heteroatoms. The zero-order valence-corrected chi connectivity index (χ0v) is 8.55. The predicted molar refractivity (Wildman–Crippen MR) is 56.1 cm³/mol. The average molecular weight is 180 g/mol. The Labute approximate surface area is 80.8 Å². The molecule has 0 amide bonds. The van der Waals surface area contributed by atoms with Gasteiger partial charge in [-0.25, -0.2) is 0 Å². The van der Waals surface area contributed by atoms with Gasteiger partial charge in [0, 0.05) is 19.0 Å².